The van der Waals surface area contributed by atoms with E-state index in [1.165, 1.54) is 43.5 Å². The Kier molecular flexibility index (Phi) is 6.96. The van der Waals surface area contributed by atoms with E-state index in [-0.39, 0.29) is 5.56 Å². The second-order valence-electron chi connectivity index (χ2n) is 5.35. The molecule has 7 heteroatoms. The second kappa shape index (κ2) is 9.41. The van der Waals surface area contributed by atoms with Crippen LogP contribution in [0.25, 0.3) is 0 Å². The number of nitrogens with one attached hydrogen (secondary N) is 1. The molecule has 0 atom stereocenters. The summed E-state index contributed by atoms with van der Waals surface area (Å²) in [4.78, 5) is 23.9. The van der Waals surface area contributed by atoms with Crippen LogP contribution >= 0.6 is 0 Å². The van der Waals surface area contributed by atoms with Crippen molar-refractivity contribution in [3.05, 3.63) is 53.8 Å². The maximum Gasteiger partial charge on any atom is 0.338 e. The third-order valence-corrected chi connectivity index (χ3v) is 3.32. The van der Waals surface area contributed by atoms with Crippen LogP contribution in [0.4, 0.5) is 10.1 Å². The number of benzene rings is 2. The van der Waals surface area contributed by atoms with Crippen molar-refractivity contribution in [2.24, 2.45) is 0 Å². The van der Waals surface area contributed by atoms with Crippen LogP contribution in [-0.2, 0) is 9.53 Å². The first kappa shape index (κ1) is 19.2. The van der Waals surface area contributed by atoms with Gasteiger partial charge in [-0.2, -0.15) is 0 Å². The average Bonchev–Trinajstić information content (AvgIpc) is 2.66. The fourth-order valence-electron chi connectivity index (χ4n) is 2.07. The van der Waals surface area contributed by atoms with Gasteiger partial charge in [0.15, 0.2) is 18.1 Å². The quantitative estimate of drug-likeness (QED) is 0.730. The van der Waals surface area contributed by atoms with Crippen LogP contribution in [0.3, 0.4) is 0 Å². The Morgan fingerprint density at radius 1 is 1.08 bits per heavy atom. The predicted octanol–water partition coefficient (Wildman–Crippen LogP) is 3.42. The second-order valence-corrected chi connectivity index (χ2v) is 5.35. The molecular formula is C19H20FNO5. The first-order chi connectivity index (χ1) is 12.5. The first-order valence-corrected chi connectivity index (χ1v) is 8.07. The summed E-state index contributed by atoms with van der Waals surface area (Å²) in [6.07, 6.45) is 0.843. The molecule has 0 aliphatic heterocycles. The lowest BCUT2D eigenvalue weighted by Gasteiger charge is -2.11. The minimum absolute atomic E-state index is 0.236. The standard InChI is InChI=1S/C19H20FNO5/c1-3-10-25-16-9-4-13(11-17(16)24-2)19(23)26-12-18(22)21-15-7-5-14(20)6-8-15/h4-9,11H,3,10,12H2,1-2H3,(H,21,22). The maximum atomic E-state index is 12.8. The van der Waals surface area contributed by atoms with Crippen LogP contribution in [-0.4, -0.2) is 32.2 Å². The number of rotatable bonds is 8. The fraction of sp³-hybridized carbons (Fsp3) is 0.263. The van der Waals surface area contributed by atoms with Crippen molar-refractivity contribution < 1.29 is 28.2 Å². The Morgan fingerprint density at radius 2 is 1.81 bits per heavy atom. The minimum atomic E-state index is -0.667. The van der Waals surface area contributed by atoms with E-state index >= 15 is 0 Å². The topological polar surface area (TPSA) is 73.9 Å². The molecule has 138 valence electrons. The number of hydrogen-bond acceptors (Lipinski definition) is 5. The number of hydrogen-bond donors (Lipinski definition) is 1. The van der Waals surface area contributed by atoms with Gasteiger partial charge in [0.1, 0.15) is 5.82 Å². The zero-order valence-corrected chi connectivity index (χ0v) is 14.6. The largest absolute Gasteiger partial charge is 0.493 e. The number of halogens is 1. The molecule has 1 N–H and O–H groups in total. The molecule has 2 aromatic carbocycles. The molecule has 2 rings (SSSR count). The SMILES string of the molecule is CCCOc1ccc(C(=O)OCC(=O)Nc2ccc(F)cc2)cc1OC. The molecule has 0 radical (unpaired) electrons. The summed E-state index contributed by atoms with van der Waals surface area (Å²) in [5.41, 5.74) is 0.645. The number of carbonyl (C=O) groups excluding carboxylic acids is 2. The molecule has 0 aliphatic carbocycles. The summed E-state index contributed by atoms with van der Waals surface area (Å²) in [5, 5.41) is 2.50. The van der Waals surface area contributed by atoms with E-state index in [1.807, 2.05) is 6.92 Å². The molecule has 0 aliphatic rings. The molecule has 0 saturated heterocycles. The van der Waals surface area contributed by atoms with E-state index < -0.39 is 24.3 Å². The van der Waals surface area contributed by atoms with Crippen molar-refractivity contribution in [3.8, 4) is 11.5 Å². The molecule has 0 unspecified atom stereocenters. The van der Waals surface area contributed by atoms with Gasteiger partial charge in [-0.3, -0.25) is 4.79 Å². The Bertz CT molecular complexity index is 761. The Balaban J connectivity index is 1.92. The number of amides is 1. The summed E-state index contributed by atoms with van der Waals surface area (Å²) in [6.45, 7) is 2.05. The lowest BCUT2D eigenvalue weighted by Crippen LogP contribution is -2.21. The highest BCUT2D eigenvalue weighted by Crippen LogP contribution is 2.28. The van der Waals surface area contributed by atoms with Gasteiger partial charge in [-0.1, -0.05) is 6.92 Å². The molecule has 0 bridgehead atoms. The summed E-state index contributed by atoms with van der Waals surface area (Å²) >= 11 is 0. The van der Waals surface area contributed by atoms with Crippen LogP contribution < -0.4 is 14.8 Å². The zero-order valence-electron chi connectivity index (χ0n) is 14.6. The van der Waals surface area contributed by atoms with Crippen LogP contribution in [0.15, 0.2) is 42.5 Å². The highest BCUT2D eigenvalue weighted by atomic mass is 19.1. The smallest absolute Gasteiger partial charge is 0.338 e. The molecule has 0 spiro atoms. The number of esters is 1. The normalized spacial score (nSPS) is 10.1. The van der Waals surface area contributed by atoms with Crippen molar-refractivity contribution in [2.45, 2.75) is 13.3 Å². The highest BCUT2D eigenvalue weighted by molar-refractivity contribution is 5.95. The van der Waals surface area contributed by atoms with Gasteiger partial charge in [-0.05, 0) is 48.9 Å². The van der Waals surface area contributed by atoms with Gasteiger partial charge in [-0.15, -0.1) is 0 Å². The minimum Gasteiger partial charge on any atom is -0.493 e. The van der Waals surface area contributed by atoms with E-state index in [9.17, 15) is 14.0 Å². The van der Waals surface area contributed by atoms with E-state index in [0.717, 1.165) is 6.42 Å². The van der Waals surface area contributed by atoms with Gasteiger partial charge in [0, 0.05) is 5.69 Å². The van der Waals surface area contributed by atoms with Crippen LogP contribution in [0.2, 0.25) is 0 Å². The van der Waals surface area contributed by atoms with E-state index in [2.05, 4.69) is 5.32 Å². The number of ether oxygens (including phenoxy) is 3. The predicted molar refractivity (Wildman–Crippen MR) is 94.1 cm³/mol. The highest BCUT2D eigenvalue weighted by Gasteiger charge is 2.14. The summed E-state index contributed by atoms with van der Waals surface area (Å²) in [7, 11) is 1.47. The number of carbonyl (C=O) groups is 2. The third-order valence-electron chi connectivity index (χ3n) is 3.32. The summed E-state index contributed by atoms with van der Waals surface area (Å²) in [5.74, 6) is -0.669. The lowest BCUT2D eigenvalue weighted by molar-refractivity contribution is -0.119. The van der Waals surface area contributed by atoms with Crippen molar-refractivity contribution in [1.29, 1.82) is 0 Å². The molecule has 1 amide bonds. The molecule has 2 aromatic rings. The van der Waals surface area contributed by atoms with E-state index in [4.69, 9.17) is 14.2 Å². The Hall–Kier alpha value is -3.09. The van der Waals surface area contributed by atoms with Gasteiger partial charge >= 0.3 is 5.97 Å². The zero-order chi connectivity index (χ0) is 18.9. The third kappa shape index (κ3) is 5.47. The monoisotopic (exact) mass is 361 g/mol. The van der Waals surface area contributed by atoms with Gasteiger partial charge in [0.25, 0.3) is 5.91 Å². The fourth-order valence-corrected chi connectivity index (χ4v) is 2.07. The Morgan fingerprint density at radius 3 is 2.46 bits per heavy atom. The van der Waals surface area contributed by atoms with Crippen molar-refractivity contribution in [2.75, 3.05) is 25.6 Å². The maximum absolute atomic E-state index is 12.8. The van der Waals surface area contributed by atoms with Gasteiger partial charge in [0.2, 0.25) is 0 Å². The number of anilines is 1. The molecule has 0 fully saturated rings. The van der Waals surface area contributed by atoms with Crippen molar-refractivity contribution in [1.82, 2.24) is 0 Å². The molecule has 26 heavy (non-hydrogen) atoms. The molecular weight excluding hydrogens is 341 g/mol. The van der Waals surface area contributed by atoms with Gasteiger partial charge in [0.05, 0.1) is 19.3 Å². The summed E-state index contributed by atoms with van der Waals surface area (Å²) < 4.78 is 28.5. The van der Waals surface area contributed by atoms with Gasteiger partial charge in [-0.25, -0.2) is 9.18 Å². The van der Waals surface area contributed by atoms with Crippen molar-refractivity contribution in [3.63, 3.8) is 0 Å². The van der Waals surface area contributed by atoms with Crippen molar-refractivity contribution >= 4 is 17.6 Å². The van der Waals surface area contributed by atoms with Crippen LogP contribution in [0.5, 0.6) is 11.5 Å². The first-order valence-electron chi connectivity index (χ1n) is 8.07. The molecule has 6 nitrogen and oxygen atoms in total. The average molecular weight is 361 g/mol. The van der Waals surface area contributed by atoms with Crippen LogP contribution in [0.1, 0.15) is 23.7 Å². The van der Waals surface area contributed by atoms with Gasteiger partial charge < -0.3 is 19.5 Å². The Labute approximate surface area is 150 Å². The molecule has 0 heterocycles. The van der Waals surface area contributed by atoms with Crippen LogP contribution in [0, 0.1) is 5.82 Å². The molecule has 0 aromatic heterocycles. The number of methoxy groups -OCH3 is 1. The molecule has 0 saturated carbocycles. The summed E-state index contributed by atoms with van der Waals surface area (Å²) in [6, 6.07) is 9.90. The van der Waals surface area contributed by atoms with E-state index in [1.54, 1.807) is 6.07 Å². The lowest BCUT2D eigenvalue weighted by atomic mass is 10.2. The van der Waals surface area contributed by atoms with E-state index in [0.29, 0.717) is 23.8 Å².